The van der Waals surface area contributed by atoms with Gasteiger partial charge in [-0.2, -0.15) is 0 Å². The lowest BCUT2D eigenvalue weighted by Gasteiger charge is -2.24. The van der Waals surface area contributed by atoms with Gasteiger partial charge in [-0.25, -0.2) is 0 Å². The van der Waals surface area contributed by atoms with Crippen LogP contribution < -0.4 is 5.32 Å². The largest absolute Gasteiger partial charge is 0.352 e. The minimum atomic E-state index is -0.357. The number of hydrogen-bond donors (Lipinski definition) is 1. The van der Waals surface area contributed by atoms with Crippen molar-refractivity contribution < 1.29 is 4.79 Å². The smallest absolute Gasteiger partial charge is 0.225 e. The lowest BCUT2D eigenvalue weighted by molar-refractivity contribution is -0.128. The van der Waals surface area contributed by atoms with Crippen molar-refractivity contribution >= 4 is 5.91 Å². The van der Waals surface area contributed by atoms with Gasteiger partial charge in [-0.05, 0) is 22.6 Å². The molecule has 0 aromatic carbocycles. The summed E-state index contributed by atoms with van der Waals surface area (Å²) in [5.41, 5.74) is 2.02. The van der Waals surface area contributed by atoms with Gasteiger partial charge in [-0.15, -0.1) is 0 Å². The maximum absolute atomic E-state index is 11.9. The molecule has 3 nitrogen and oxygen atoms in total. The topological polar surface area (TPSA) is 42.0 Å². The Morgan fingerprint density at radius 3 is 2.33 bits per heavy atom. The fraction of sp³-hybridized carbons (Fsp3) is 0.600. The number of pyridine rings is 1. The molecule has 0 spiro atoms. The van der Waals surface area contributed by atoms with Crippen LogP contribution in [0.2, 0.25) is 0 Å². The summed E-state index contributed by atoms with van der Waals surface area (Å²) in [6, 6.07) is 2.03. The molecule has 0 aliphatic rings. The molecule has 0 unspecified atom stereocenters. The number of amides is 1. The highest BCUT2D eigenvalue weighted by molar-refractivity contribution is 5.81. The highest BCUT2D eigenvalue weighted by atomic mass is 16.2. The molecule has 1 amide bonds. The second-order valence-corrected chi connectivity index (χ2v) is 6.72. The first kappa shape index (κ1) is 14.7. The highest BCUT2D eigenvalue weighted by Crippen LogP contribution is 2.25. The van der Waals surface area contributed by atoms with Gasteiger partial charge in [-0.1, -0.05) is 41.5 Å². The second kappa shape index (κ2) is 5.09. The summed E-state index contributed by atoms with van der Waals surface area (Å²) < 4.78 is 0. The molecular weight excluding hydrogens is 224 g/mol. The molecule has 0 atom stereocenters. The van der Waals surface area contributed by atoms with E-state index < -0.39 is 0 Å². The SMILES string of the molecule is CC(C)(C)C(=O)NCc1cnccc1C(C)(C)C. The maximum atomic E-state index is 11.9. The lowest BCUT2D eigenvalue weighted by Crippen LogP contribution is -2.35. The van der Waals surface area contributed by atoms with Gasteiger partial charge < -0.3 is 5.32 Å². The van der Waals surface area contributed by atoms with Crippen LogP contribution in [0.4, 0.5) is 0 Å². The molecule has 3 heteroatoms. The van der Waals surface area contributed by atoms with Crippen LogP contribution in [-0.4, -0.2) is 10.9 Å². The Labute approximate surface area is 110 Å². The average molecular weight is 248 g/mol. The van der Waals surface area contributed by atoms with Gasteiger partial charge in [0.05, 0.1) is 0 Å². The monoisotopic (exact) mass is 248 g/mol. The van der Waals surface area contributed by atoms with E-state index in [1.165, 1.54) is 5.56 Å². The van der Waals surface area contributed by atoms with E-state index in [1.807, 2.05) is 33.0 Å². The Kier molecular flexibility index (Phi) is 4.15. The van der Waals surface area contributed by atoms with Gasteiger partial charge >= 0.3 is 0 Å². The Bertz CT molecular complexity index is 425. The number of carbonyl (C=O) groups is 1. The molecule has 1 N–H and O–H groups in total. The molecule has 1 aromatic rings. The number of hydrogen-bond acceptors (Lipinski definition) is 2. The first-order chi connectivity index (χ1) is 8.12. The molecule has 0 aliphatic carbocycles. The molecule has 0 radical (unpaired) electrons. The zero-order valence-electron chi connectivity index (χ0n) is 12.3. The minimum Gasteiger partial charge on any atom is -0.352 e. The first-order valence-electron chi connectivity index (χ1n) is 6.34. The normalized spacial score (nSPS) is 12.3. The lowest BCUT2D eigenvalue weighted by atomic mass is 9.84. The van der Waals surface area contributed by atoms with E-state index in [4.69, 9.17) is 0 Å². The van der Waals surface area contributed by atoms with Crippen molar-refractivity contribution in [1.82, 2.24) is 10.3 Å². The summed E-state index contributed by atoms with van der Waals surface area (Å²) in [5.74, 6) is 0.0613. The summed E-state index contributed by atoms with van der Waals surface area (Å²) in [7, 11) is 0. The van der Waals surface area contributed by atoms with Gasteiger partial charge in [0.15, 0.2) is 0 Å². The van der Waals surface area contributed by atoms with Gasteiger partial charge in [0.25, 0.3) is 0 Å². The van der Waals surface area contributed by atoms with Gasteiger partial charge in [0, 0.05) is 24.4 Å². The van der Waals surface area contributed by atoms with Crippen molar-refractivity contribution in [3.63, 3.8) is 0 Å². The fourth-order valence-corrected chi connectivity index (χ4v) is 1.74. The number of aromatic nitrogens is 1. The van der Waals surface area contributed by atoms with Crippen LogP contribution in [0.3, 0.4) is 0 Å². The van der Waals surface area contributed by atoms with E-state index in [0.717, 1.165) is 5.56 Å². The number of rotatable bonds is 2. The van der Waals surface area contributed by atoms with Crippen molar-refractivity contribution in [2.75, 3.05) is 0 Å². The molecule has 18 heavy (non-hydrogen) atoms. The predicted octanol–water partition coefficient (Wildman–Crippen LogP) is 3.04. The Balaban J connectivity index is 2.84. The third-order valence-electron chi connectivity index (χ3n) is 2.83. The van der Waals surface area contributed by atoms with E-state index in [9.17, 15) is 4.79 Å². The van der Waals surface area contributed by atoms with E-state index >= 15 is 0 Å². The zero-order chi connectivity index (χ0) is 14.0. The predicted molar refractivity (Wildman–Crippen MR) is 74.2 cm³/mol. The minimum absolute atomic E-state index is 0.0603. The fourth-order valence-electron chi connectivity index (χ4n) is 1.74. The van der Waals surface area contributed by atoms with E-state index in [-0.39, 0.29) is 16.7 Å². The molecular formula is C15H24N2O. The van der Waals surface area contributed by atoms with Crippen LogP contribution in [0.15, 0.2) is 18.5 Å². The molecule has 0 saturated carbocycles. The highest BCUT2D eigenvalue weighted by Gasteiger charge is 2.22. The second-order valence-electron chi connectivity index (χ2n) is 6.72. The quantitative estimate of drug-likeness (QED) is 0.874. The van der Waals surface area contributed by atoms with Crippen molar-refractivity contribution in [1.29, 1.82) is 0 Å². The molecule has 0 aliphatic heterocycles. The number of carbonyl (C=O) groups excluding carboxylic acids is 1. The van der Waals surface area contributed by atoms with Crippen LogP contribution in [-0.2, 0) is 16.8 Å². The molecule has 0 saturated heterocycles. The third-order valence-corrected chi connectivity index (χ3v) is 2.83. The van der Waals surface area contributed by atoms with Crippen LogP contribution in [0, 0.1) is 5.41 Å². The molecule has 0 bridgehead atoms. The number of nitrogens with zero attached hydrogens (tertiary/aromatic N) is 1. The Morgan fingerprint density at radius 1 is 1.22 bits per heavy atom. The van der Waals surface area contributed by atoms with E-state index in [1.54, 1.807) is 6.20 Å². The average Bonchev–Trinajstić information content (AvgIpc) is 2.23. The van der Waals surface area contributed by atoms with E-state index in [0.29, 0.717) is 6.54 Å². The number of nitrogens with one attached hydrogen (secondary N) is 1. The van der Waals surface area contributed by atoms with Crippen LogP contribution in [0.1, 0.15) is 52.7 Å². The van der Waals surface area contributed by atoms with Gasteiger partial charge in [0.1, 0.15) is 0 Å². The molecule has 100 valence electrons. The molecule has 0 fully saturated rings. The van der Waals surface area contributed by atoms with Crippen LogP contribution >= 0.6 is 0 Å². The Morgan fingerprint density at radius 2 is 1.83 bits per heavy atom. The van der Waals surface area contributed by atoms with Crippen molar-refractivity contribution in [2.45, 2.75) is 53.5 Å². The standard InChI is InChI=1S/C15H24N2O/c1-14(2,3)12-7-8-16-9-11(12)10-17-13(18)15(4,5)6/h7-9H,10H2,1-6H3,(H,17,18). The van der Waals surface area contributed by atoms with Crippen molar-refractivity contribution in [2.24, 2.45) is 5.41 Å². The van der Waals surface area contributed by atoms with Gasteiger partial charge in [-0.3, -0.25) is 9.78 Å². The van der Waals surface area contributed by atoms with Crippen molar-refractivity contribution in [3.8, 4) is 0 Å². The Hall–Kier alpha value is -1.38. The van der Waals surface area contributed by atoms with Crippen molar-refractivity contribution in [3.05, 3.63) is 29.6 Å². The molecule has 1 heterocycles. The molecule has 1 rings (SSSR count). The van der Waals surface area contributed by atoms with Gasteiger partial charge in [0.2, 0.25) is 5.91 Å². The molecule has 1 aromatic heterocycles. The third kappa shape index (κ3) is 3.83. The summed E-state index contributed by atoms with van der Waals surface area (Å²) in [6.07, 6.45) is 3.64. The van der Waals surface area contributed by atoms with Crippen LogP contribution in [0.5, 0.6) is 0 Å². The first-order valence-corrected chi connectivity index (χ1v) is 6.34. The summed E-state index contributed by atoms with van der Waals surface area (Å²) >= 11 is 0. The van der Waals surface area contributed by atoms with Crippen LogP contribution in [0.25, 0.3) is 0 Å². The summed E-state index contributed by atoms with van der Waals surface area (Å²) in [5, 5.41) is 2.97. The van der Waals surface area contributed by atoms with E-state index in [2.05, 4.69) is 31.1 Å². The zero-order valence-corrected chi connectivity index (χ0v) is 12.3. The summed E-state index contributed by atoms with van der Waals surface area (Å²) in [4.78, 5) is 16.0. The maximum Gasteiger partial charge on any atom is 0.225 e. The summed E-state index contributed by atoms with van der Waals surface area (Å²) in [6.45, 7) is 12.8.